The number of ether oxygens (including phenoxy) is 2. The van der Waals surface area contributed by atoms with Gasteiger partial charge in [-0.2, -0.15) is 0 Å². The molecule has 5 nitrogen and oxygen atoms in total. The van der Waals surface area contributed by atoms with E-state index in [1.54, 1.807) is 6.92 Å². The molecule has 1 fully saturated rings. The van der Waals surface area contributed by atoms with Crippen molar-refractivity contribution in [3.8, 4) is 0 Å². The van der Waals surface area contributed by atoms with E-state index < -0.39 is 30.7 Å². The van der Waals surface area contributed by atoms with Gasteiger partial charge in [0.2, 0.25) is 0 Å². The number of rotatable bonds is 1. The summed E-state index contributed by atoms with van der Waals surface area (Å²) in [6.45, 7) is 1.60. The highest BCUT2D eigenvalue weighted by atomic mass is 16.7. The van der Waals surface area contributed by atoms with Gasteiger partial charge in [0.05, 0.1) is 6.10 Å². The molecule has 0 saturated carbocycles. The first-order valence-electron chi connectivity index (χ1n) is 3.80. The summed E-state index contributed by atoms with van der Waals surface area (Å²) >= 11 is 0. The van der Waals surface area contributed by atoms with Crippen molar-refractivity contribution in [2.45, 2.75) is 37.6 Å². The molecular weight excluding hydrogens is 164 g/mol. The topological polar surface area (TPSA) is 79.2 Å². The van der Waals surface area contributed by atoms with Crippen LogP contribution in [0.4, 0.5) is 0 Å². The Hall–Kier alpha value is -0.200. The number of methoxy groups -OCH3 is 1. The molecule has 12 heavy (non-hydrogen) atoms. The van der Waals surface area contributed by atoms with Gasteiger partial charge in [0.25, 0.3) is 0 Å². The highest BCUT2D eigenvalue weighted by Gasteiger charge is 2.41. The third-order valence-electron chi connectivity index (χ3n) is 2.04. The van der Waals surface area contributed by atoms with Crippen molar-refractivity contribution in [3.05, 3.63) is 0 Å². The zero-order valence-corrected chi connectivity index (χ0v) is 7.04. The minimum atomic E-state index is -1.21. The largest absolute Gasteiger partial charge is 0.388 e. The SMILES string of the molecule is CO[C@@H]1O[C@@H](C)[C@H](O)[C@H](O)[C@H]1O. The normalized spacial score (nSPS) is 49.2. The molecule has 0 aromatic carbocycles. The smallest absolute Gasteiger partial charge is 0.186 e. The first-order valence-corrected chi connectivity index (χ1v) is 3.80. The summed E-state index contributed by atoms with van der Waals surface area (Å²) in [7, 11) is 1.37. The minimum absolute atomic E-state index is 0.534. The van der Waals surface area contributed by atoms with E-state index in [1.807, 2.05) is 0 Å². The lowest BCUT2D eigenvalue weighted by atomic mass is 10.0. The molecule has 0 aliphatic carbocycles. The van der Waals surface area contributed by atoms with Crippen LogP contribution in [0.25, 0.3) is 0 Å². The standard InChI is InChI=1S/C7H14O5/c1-3-4(8)5(9)6(10)7(11-2)12-3/h3-10H,1-2H3/t3-,4-,5-,6+,7+/m0/s1. The van der Waals surface area contributed by atoms with Crippen LogP contribution in [0.5, 0.6) is 0 Å². The molecule has 1 rings (SSSR count). The fourth-order valence-electron chi connectivity index (χ4n) is 1.21. The maximum Gasteiger partial charge on any atom is 0.186 e. The van der Waals surface area contributed by atoms with Gasteiger partial charge in [-0.1, -0.05) is 0 Å². The second-order valence-electron chi connectivity index (χ2n) is 2.92. The molecule has 1 aliphatic heterocycles. The summed E-state index contributed by atoms with van der Waals surface area (Å²) in [5.74, 6) is 0. The maximum absolute atomic E-state index is 9.27. The van der Waals surface area contributed by atoms with Gasteiger partial charge in [-0.15, -0.1) is 0 Å². The van der Waals surface area contributed by atoms with Gasteiger partial charge in [0, 0.05) is 7.11 Å². The number of hydrogen-bond acceptors (Lipinski definition) is 5. The Balaban J connectivity index is 2.63. The number of aliphatic hydroxyl groups excluding tert-OH is 3. The van der Waals surface area contributed by atoms with E-state index in [-0.39, 0.29) is 0 Å². The predicted octanol–water partition coefficient (Wildman–Crippen LogP) is -1.54. The van der Waals surface area contributed by atoms with E-state index in [2.05, 4.69) is 0 Å². The first-order chi connectivity index (χ1) is 5.57. The van der Waals surface area contributed by atoms with Gasteiger partial charge >= 0.3 is 0 Å². The van der Waals surface area contributed by atoms with Crippen molar-refractivity contribution in [2.24, 2.45) is 0 Å². The summed E-state index contributed by atoms with van der Waals surface area (Å²) in [6, 6.07) is 0. The van der Waals surface area contributed by atoms with Crippen molar-refractivity contribution in [3.63, 3.8) is 0 Å². The Morgan fingerprint density at radius 1 is 1.08 bits per heavy atom. The van der Waals surface area contributed by atoms with E-state index >= 15 is 0 Å². The second-order valence-corrected chi connectivity index (χ2v) is 2.92. The molecule has 5 atom stereocenters. The monoisotopic (exact) mass is 178 g/mol. The third-order valence-corrected chi connectivity index (χ3v) is 2.04. The van der Waals surface area contributed by atoms with Gasteiger partial charge in [-0.25, -0.2) is 0 Å². The van der Waals surface area contributed by atoms with Crippen LogP contribution in [0.1, 0.15) is 6.92 Å². The Labute approximate surface area is 70.5 Å². The quantitative estimate of drug-likeness (QED) is 0.453. The van der Waals surface area contributed by atoms with Crippen LogP contribution >= 0.6 is 0 Å². The highest BCUT2D eigenvalue weighted by Crippen LogP contribution is 2.20. The average molecular weight is 178 g/mol. The molecule has 1 heterocycles. The third kappa shape index (κ3) is 1.60. The molecule has 72 valence electrons. The molecule has 1 aliphatic rings. The molecule has 3 N–H and O–H groups in total. The van der Waals surface area contributed by atoms with E-state index in [1.165, 1.54) is 7.11 Å². The molecule has 0 radical (unpaired) electrons. The summed E-state index contributed by atoms with van der Waals surface area (Å²) in [5, 5.41) is 27.8. The van der Waals surface area contributed by atoms with Crippen LogP contribution in [-0.4, -0.2) is 53.1 Å². The average Bonchev–Trinajstić information content (AvgIpc) is 2.08. The molecule has 0 unspecified atom stereocenters. The summed E-state index contributed by atoms with van der Waals surface area (Å²) in [5.41, 5.74) is 0. The van der Waals surface area contributed by atoms with Gasteiger partial charge < -0.3 is 24.8 Å². The maximum atomic E-state index is 9.27. The predicted molar refractivity (Wildman–Crippen MR) is 39.4 cm³/mol. The molecule has 0 spiro atoms. The van der Waals surface area contributed by atoms with Crippen LogP contribution in [0, 0.1) is 0 Å². The van der Waals surface area contributed by atoms with Crippen LogP contribution in [0.3, 0.4) is 0 Å². The Kier molecular flexibility index (Phi) is 3.03. The van der Waals surface area contributed by atoms with Gasteiger partial charge in [0.1, 0.15) is 18.3 Å². The van der Waals surface area contributed by atoms with Gasteiger partial charge in [-0.3, -0.25) is 0 Å². The Morgan fingerprint density at radius 2 is 1.67 bits per heavy atom. The lowest BCUT2D eigenvalue weighted by Gasteiger charge is -2.38. The fraction of sp³-hybridized carbons (Fsp3) is 1.00. The Morgan fingerprint density at radius 3 is 2.17 bits per heavy atom. The summed E-state index contributed by atoms with van der Waals surface area (Å²) < 4.78 is 9.80. The van der Waals surface area contributed by atoms with Crippen LogP contribution < -0.4 is 0 Å². The molecule has 5 heteroatoms. The van der Waals surface area contributed by atoms with Crippen molar-refractivity contribution < 1.29 is 24.8 Å². The number of hydrogen-bond donors (Lipinski definition) is 3. The lowest BCUT2D eigenvalue weighted by Crippen LogP contribution is -2.57. The van der Waals surface area contributed by atoms with Crippen molar-refractivity contribution in [2.75, 3.05) is 7.11 Å². The Bertz CT molecular complexity index is 146. The van der Waals surface area contributed by atoms with Crippen LogP contribution in [0.15, 0.2) is 0 Å². The van der Waals surface area contributed by atoms with Crippen LogP contribution in [-0.2, 0) is 9.47 Å². The summed E-state index contributed by atoms with van der Waals surface area (Å²) in [6.07, 6.45) is -4.86. The first kappa shape index (κ1) is 9.88. The van der Waals surface area contributed by atoms with E-state index in [4.69, 9.17) is 9.47 Å². The molecule has 0 aromatic heterocycles. The van der Waals surface area contributed by atoms with Crippen molar-refractivity contribution >= 4 is 0 Å². The fourth-order valence-corrected chi connectivity index (χ4v) is 1.21. The summed E-state index contributed by atoms with van der Waals surface area (Å²) in [4.78, 5) is 0. The number of aliphatic hydroxyl groups is 3. The van der Waals surface area contributed by atoms with Gasteiger partial charge in [0.15, 0.2) is 6.29 Å². The van der Waals surface area contributed by atoms with Crippen molar-refractivity contribution in [1.82, 2.24) is 0 Å². The molecule has 0 bridgehead atoms. The van der Waals surface area contributed by atoms with E-state index in [9.17, 15) is 15.3 Å². The molecular formula is C7H14O5. The highest BCUT2D eigenvalue weighted by molar-refractivity contribution is 4.86. The zero-order valence-electron chi connectivity index (χ0n) is 7.04. The second kappa shape index (κ2) is 3.68. The zero-order chi connectivity index (χ0) is 9.30. The van der Waals surface area contributed by atoms with E-state index in [0.29, 0.717) is 0 Å². The molecule has 1 saturated heterocycles. The van der Waals surface area contributed by atoms with Crippen LogP contribution in [0.2, 0.25) is 0 Å². The van der Waals surface area contributed by atoms with Crippen molar-refractivity contribution in [1.29, 1.82) is 0 Å². The van der Waals surface area contributed by atoms with Gasteiger partial charge in [-0.05, 0) is 6.92 Å². The van der Waals surface area contributed by atoms with E-state index in [0.717, 1.165) is 0 Å². The lowest BCUT2D eigenvalue weighted by molar-refractivity contribution is -0.286. The minimum Gasteiger partial charge on any atom is -0.388 e. The molecule has 0 aromatic rings. The molecule has 0 amide bonds.